The molecule has 1 saturated heterocycles. The molecule has 30 heavy (non-hydrogen) atoms. The molecule has 1 heterocycles. The van der Waals surface area contributed by atoms with E-state index in [4.69, 9.17) is 10.5 Å². The van der Waals surface area contributed by atoms with E-state index in [1.165, 1.54) is 12.1 Å². The summed E-state index contributed by atoms with van der Waals surface area (Å²) in [5, 5.41) is 2.58. The van der Waals surface area contributed by atoms with Crippen molar-refractivity contribution in [2.24, 2.45) is 5.73 Å². The van der Waals surface area contributed by atoms with Gasteiger partial charge in [-0.1, -0.05) is 13.3 Å². The predicted octanol–water partition coefficient (Wildman–Crippen LogP) is 2.21. The number of morpholine rings is 1. The van der Waals surface area contributed by atoms with Gasteiger partial charge in [-0.3, -0.25) is 14.5 Å². The Morgan fingerprint density at radius 1 is 1.40 bits per heavy atom. The number of carbonyl (C=O) groups is 2. The van der Waals surface area contributed by atoms with Crippen LogP contribution >= 0.6 is 0 Å². The van der Waals surface area contributed by atoms with Gasteiger partial charge in [-0.15, -0.1) is 0 Å². The molecule has 1 aromatic carbocycles. The number of hydrogen-bond acceptors (Lipinski definition) is 5. The van der Waals surface area contributed by atoms with Crippen molar-refractivity contribution in [3.8, 4) is 0 Å². The maximum Gasteiger partial charge on any atom is 0.418 e. The molecule has 10 heteroatoms. The number of amides is 2. The number of carbonyl (C=O) groups excluding carboxylic acids is 2. The summed E-state index contributed by atoms with van der Waals surface area (Å²) in [6.45, 7) is 2.57. The van der Waals surface area contributed by atoms with Gasteiger partial charge in [0.1, 0.15) is 12.6 Å². The second-order valence-corrected chi connectivity index (χ2v) is 7.48. The molecule has 3 rings (SSSR count). The Bertz CT molecular complexity index is 783. The smallest absolute Gasteiger partial charge is 0.370 e. The van der Waals surface area contributed by atoms with Crippen LogP contribution < -0.4 is 16.0 Å². The lowest BCUT2D eigenvalue weighted by atomic mass is 9.90. The maximum absolute atomic E-state index is 13.7. The molecule has 2 amide bonds. The fraction of sp³-hybridized carbons (Fsp3) is 0.600. The van der Waals surface area contributed by atoms with E-state index in [9.17, 15) is 22.8 Å². The predicted molar refractivity (Wildman–Crippen MR) is 106 cm³/mol. The fourth-order valence-corrected chi connectivity index (χ4v) is 3.92. The van der Waals surface area contributed by atoms with Crippen LogP contribution in [0, 0.1) is 0 Å². The van der Waals surface area contributed by atoms with Crippen molar-refractivity contribution in [3.05, 3.63) is 23.8 Å². The quantitative estimate of drug-likeness (QED) is 0.695. The van der Waals surface area contributed by atoms with Gasteiger partial charge in [0.05, 0.1) is 17.9 Å². The Balaban J connectivity index is 1.83. The minimum atomic E-state index is -4.69. The first-order chi connectivity index (χ1) is 14.3. The van der Waals surface area contributed by atoms with Crippen LogP contribution in [0.5, 0.6) is 0 Å². The average molecular weight is 428 g/mol. The van der Waals surface area contributed by atoms with Crippen LogP contribution in [0.25, 0.3) is 0 Å². The van der Waals surface area contributed by atoms with Gasteiger partial charge in [-0.25, -0.2) is 0 Å². The molecule has 0 radical (unpaired) electrons. The van der Waals surface area contributed by atoms with Crippen molar-refractivity contribution in [2.45, 2.75) is 44.4 Å². The van der Waals surface area contributed by atoms with Gasteiger partial charge >= 0.3 is 6.18 Å². The Hall–Kier alpha value is -2.17. The number of hydrogen-bond donors (Lipinski definition) is 2. The van der Waals surface area contributed by atoms with Crippen LogP contribution in [0.15, 0.2) is 18.2 Å². The second-order valence-electron chi connectivity index (χ2n) is 7.48. The molecule has 7 nitrogen and oxygen atoms in total. The Kier molecular flexibility index (Phi) is 6.99. The highest BCUT2D eigenvalue weighted by atomic mass is 19.4. The molecular weight excluding hydrogens is 401 g/mol. The average Bonchev–Trinajstić information content (AvgIpc) is 2.66. The van der Waals surface area contributed by atoms with E-state index in [1.807, 2.05) is 11.8 Å². The normalized spacial score (nSPS) is 19.0. The van der Waals surface area contributed by atoms with Crippen LogP contribution in [0.3, 0.4) is 0 Å². The van der Waals surface area contributed by atoms with Crippen LogP contribution in [-0.4, -0.2) is 61.6 Å². The Morgan fingerprint density at radius 3 is 2.67 bits per heavy atom. The minimum Gasteiger partial charge on any atom is -0.370 e. The third-order valence-electron chi connectivity index (χ3n) is 5.68. The molecule has 2 fully saturated rings. The van der Waals surface area contributed by atoms with E-state index in [0.29, 0.717) is 6.54 Å². The van der Waals surface area contributed by atoms with Crippen LogP contribution in [0.1, 0.15) is 31.7 Å². The lowest BCUT2D eigenvalue weighted by Gasteiger charge is -2.40. The van der Waals surface area contributed by atoms with Gasteiger partial charge in [0.25, 0.3) is 5.91 Å². The number of nitrogens with two attached hydrogens (primary N) is 1. The monoisotopic (exact) mass is 428 g/mol. The van der Waals surface area contributed by atoms with E-state index >= 15 is 0 Å². The van der Waals surface area contributed by atoms with Crippen molar-refractivity contribution in [2.75, 3.05) is 43.1 Å². The second kappa shape index (κ2) is 9.32. The van der Waals surface area contributed by atoms with Crippen molar-refractivity contribution in [1.29, 1.82) is 0 Å². The van der Waals surface area contributed by atoms with Gasteiger partial charge in [0.15, 0.2) is 0 Å². The number of halogens is 3. The Morgan fingerprint density at radius 2 is 2.13 bits per heavy atom. The summed E-state index contributed by atoms with van der Waals surface area (Å²) < 4.78 is 46.1. The topological polar surface area (TPSA) is 87.9 Å². The van der Waals surface area contributed by atoms with Crippen molar-refractivity contribution in [1.82, 2.24) is 4.90 Å². The molecule has 1 aliphatic carbocycles. The van der Waals surface area contributed by atoms with Crippen molar-refractivity contribution >= 4 is 23.2 Å². The first kappa shape index (κ1) is 22.5. The third-order valence-corrected chi connectivity index (χ3v) is 5.68. The van der Waals surface area contributed by atoms with Crippen LogP contribution in [0.4, 0.5) is 24.5 Å². The summed E-state index contributed by atoms with van der Waals surface area (Å²) in [5.74, 6) is -0.972. The van der Waals surface area contributed by atoms with Crippen LogP contribution in [0.2, 0.25) is 0 Å². The van der Waals surface area contributed by atoms with E-state index in [0.717, 1.165) is 30.2 Å². The van der Waals surface area contributed by atoms with Gasteiger partial charge in [-0.05, 0) is 37.6 Å². The number of benzene rings is 1. The molecule has 2 aliphatic rings. The molecule has 1 atom stereocenters. The van der Waals surface area contributed by atoms with Crippen molar-refractivity contribution < 1.29 is 27.5 Å². The van der Waals surface area contributed by atoms with Gasteiger partial charge in [0.2, 0.25) is 5.91 Å². The van der Waals surface area contributed by atoms with E-state index in [2.05, 4.69) is 5.32 Å². The zero-order valence-electron chi connectivity index (χ0n) is 16.9. The minimum absolute atomic E-state index is 0.0138. The van der Waals surface area contributed by atoms with E-state index in [-0.39, 0.29) is 43.7 Å². The summed E-state index contributed by atoms with van der Waals surface area (Å²) in [6, 6.07) is 3.11. The summed E-state index contributed by atoms with van der Waals surface area (Å²) in [5.41, 5.74) is 4.61. The number of rotatable bonds is 7. The molecule has 1 aliphatic heterocycles. The number of nitrogens with one attached hydrogen (secondary N) is 1. The molecule has 0 aromatic heterocycles. The molecular formula is C20H27F3N4O3. The SMILES string of the molecule is CCN(C1CCC1)[C@H](CN)C(=O)Nc1ccc(N2CCOCC2=O)c(C(F)(F)F)c1. The molecule has 0 spiro atoms. The van der Waals surface area contributed by atoms with Crippen molar-refractivity contribution in [3.63, 3.8) is 0 Å². The summed E-state index contributed by atoms with van der Waals surface area (Å²) in [6.07, 6.45) is -1.63. The third kappa shape index (κ3) is 4.76. The summed E-state index contributed by atoms with van der Waals surface area (Å²) >= 11 is 0. The lowest BCUT2D eigenvalue weighted by molar-refractivity contribution is -0.137. The zero-order chi connectivity index (χ0) is 21.9. The Labute approximate surface area is 173 Å². The number of anilines is 2. The molecule has 1 aromatic rings. The first-order valence-electron chi connectivity index (χ1n) is 10.1. The van der Waals surface area contributed by atoms with Crippen LogP contribution in [-0.2, 0) is 20.5 Å². The molecule has 1 saturated carbocycles. The highest BCUT2D eigenvalue weighted by Crippen LogP contribution is 2.39. The molecule has 0 bridgehead atoms. The molecule has 3 N–H and O–H groups in total. The first-order valence-corrected chi connectivity index (χ1v) is 10.1. The number of nitrogens with zero attached hydrogens (tertiary/aromatic N) is 2. The molecule has 0 unspecified atom stereocenters. The zero-order valence-corrected chi connectivity index (χ0v) is 16.9. The van der Waals surface area contributed by atoms with Gasteiger partial charge in [0, 0.05) is 24.8 Å². The largest absolute Gasteiger partial charge is 0.418 e. The van der Waals surface area contributed by atoms with Gasteiger partial charge < -0.3 is 20.7 Å². The fourth-order valence-electron chi connectivity index (χ4n) is 3.92. The number of likely N-dealkylation sites (N-methyl/N-ethyl adjacent to an activating group) is 1. The van der Waals surface area contributed by atoms with E-state index in [1.54, 1.807) is 0 Å². The highest BCUT2D eigenvalue weighted by Gasteiger charge is 2.38. The number of alkyl halides is 3. The standard InChI is InChI=1S/C20H27F3N4O3/c1-2-26(14-4-3-5-14)17(11-24)19(29)25-13-6-7-16(15(10-13)20(21,22)23)27-8-9-30-12-18(27)28/h6-7,10,14,17H,2-5,8-9,11-12,24H2,1H3,(H,25,29)/t17-/m1/s1. The lowest BCUT2D eigenvalue weighted by Crippen LogP contribution is -2.54. The number of ether oxygens (including phenoxy) is 1. The van der Waals surface area contributed by atoms with E-state index < -0.39 is 29.6 Å². The van der Waals surface area contributed by atoms with Gasteiger partial charge in [-0.2, -0.15) is 13.2 Å². The molecule has 166 valence electrons. The summed E-state index contributed by atoms with van der Waals surface area (Å²) in [7, 11) is 0. The highest BCUT2D eigenvalue weighted by molar-refractivity contribution is 5.98. The summed E-state index contributed by atoms with van der Waals surface area (Å²) in [4.78, 5) is 27.9. The maximum atomic E-state index is 13.7.